The maximum Gasteiger partial charge on any atom is -0.0392 e. The molecule has 0 aromatic heterocycles. The lowest BCUT2D eigenvalue weighted by atomic mass is 9.97. The summed E-state index contributed by atoms with van der Waals surface area (Å²) in [4.78, 5) is 0. The molecule has 1 rings (SSSR count). The third-order valence-electron chi connectivity index (χ3n) is 2.55. The van der Waals surface area contributed by atoms with E-state index in [1.807, 2.05) is 0 Å². The van der Waals surface area contributed by atoms with Gasteiger partial charge in [0.2, 0.25) is 0 Å². The van der Waals surface area contributed by atoms with Crippen LogP contribution in [0.3, 0.4) is 0 Å². The average Bonchev–Trinajstić information content (AvgIpc) is 2.07. The maximum atomic E-state index is 2.18. The van der Waals surface area contributed by atoms with Crippen LogP contribution in [0.4, 0.5) is 0 Å². The minimum absolute atomic E-state index is 1.36. The minimum Gasteiger partial charge on any atom is -0.0620 e. The fourth-order valence-electron chi connectivity index (χ4n) is 1.24. The molecule has 0 heteroatoms. The Morgan fingerprint density at radius 1 is 0.667 bits per heavy atom. The van der Waals surface area contributed by atoms with Crippen LogP contribution < -0.4 is 0 Å². The molecule has 0 radical (unpaired) electrons. The van der Waals surface area contributed by atoms with Gasteiger partial charge in [0.15, 0.2) is 0 Å². The highest BCUT2D eigenvalue weighted by Crippen LogP contribution is 2.20. The molecule has 0 fully saturated rings. The van der Waals surface area contributed by atoms with Crippen LogP contribution in [-0.4, -0.2) is 0 Å². The van der Waals surface area contributed by atoms with E-state index < -0.39 is 0 Å². The smallest absolute Gasteiger partial charge is 0.0392 e. The van der Waals surface area contributed by atoms with Crippen molar-refractivity contribution in [2.45, 2.75) is 27.7 Å². The SMILES string of the molecule is CC1=C(C)C(C)=C(C)C=CC=C1. The Labute approximate surface area is 75.0 Å². The monoisotopic (exact) mass is 160 g/mol. The molecule has 0 aliphatic heterocycles. The molecule has 1 aliphatic carbocycles. The Morgan fingerprint density at radius 3 is 1.33 bits per heavy atom. The van der Waals surface area contributed by atoms with E-state index in [2.05, 4.69) is 52.0 Å². The molecule has 0 aromatic carbocycles. The van der Waals surface area contributed by atoms with E-state index in [4.69, 9.17) is 0 Å². The summed E-state index contributed by atoms with van der Waals surface area (Å²) in [6.45, 7) is 8.67. The zero-order chi connectivity index (χ0) is 9.14. The summed E-state index contributed by atoms with van der Waals surface area (Å²) < 4.78 is 0. The Kier molecular flexibility index (Phi) is 2.69. The first-order chi connectivity index (χ1) is 5.63. The van der Waals surface area contributed by atoms with Gasteiger partial charge in [-0.25, -0.2) is 0 Å². The highest BCUT2D eigenvalue weighted by molar-refractivity contribution is 5.44. The van der Waals surface area contributed by atoms with Crippen LogP contribution in [0.2, 0.25) is 0 Å². The molecule has 0 heterocycles. The second-order valence-corrected chi connectivity index (χ2v) is 3.33. The van der Waals surface area contributed by atoms with Gasteiger partial charge in [0, 0.05) is 0 Å². The van der Waals surface area contributed by atoms with Crippen LogP contribution in [-0.2, 0) is 0 Å². The molecule has 0 saturated heterocycles. The predicted octanol–water partition coefficient (Wildman–Crippen LogP) is 3.79. The van der Waals surface area contributed by atoms with Gasteiger partial charge in [-0.05, 0) is 50.0 Å². The van der Waals surface area contributed by atoms with Crippen molar-refractivity contribution in [1.29, 1.82) is 0 Å². The van der Waals surface area contributed by atoms with Crippen molar-refractivity contribution >= 4 is 0 Å². The van der Waals surface area contributed by atoms with E-state index >= 15 is 0 Å². The van der Waals surface area contributed by atoms with Gasteiger partial charge in [0.25, 0.3) is 0 Å². The van der Waals surface area contributed by atoms with E-state index in [0.717, 1.165) is 0 Å². The third kappa shape index (κ3) is 1.76. The van der Waals surface area contributed by atoms with Crippen molar-refractivity contribution in [2.24, 2.45) is 0 Å². The highest BCUT2D eigenvalue weighted by Gasteiger charge is 2.00. The predicted molar refractivity (Wildman–Crippen MR) is 55.0 cm³/mol. The summed E-state index contributed by atoms with van der Waals surface area (Å²) in [5.41, 5.74) is 5.51. The summed E-state index contributed by atoms with van der Waals surface area (Å²) >= 11 is 0. The van der Waals surface area contributed by atoms with Gasteiger partial charge in [-0.15, -0.1) is 0 Å². The Bertz CT molecular complexity index is 264. The van der Waals surface area contributed by atoms with Gasteiger partial charge in [0.05, 0.1) is 0 Å². The van der Waals surface area contributed by atoms with Gasteiger partial charge in [-0.2, -0.15) is 0 Å². The quantitative estimate of drug-likeness (QED) is 0.506. The molecule has 0 amide bonds. The van der Waals surface area contributed by atoms with E-state index in [0.29, 0.717) is 0 Å². The molecular weight excluding hydrogens is 144 g/mol. The van der Waals surface area contributed by atoms with Crippen LogP contribution in [0, 0.1) is 0 Å². The number of allylic oxidation sites excluding steroid dienone is 8. The second-order valence-electron chi connectivity index (χ2n) is 3.33. The van der Waals surface area contributed by atoms with Crippen molar-refractivity contribution in [1.82, 2.24) is 0 Å². The van der Waals surface area contributed by atoms with Gasteiger partial charge in [0.1, 0.15) is 0 Å². The molecule has 0 unspecified atom stereocenters. The van der Waals surface area contributed by atoms with E-state index in [-0.39, 0.29) is 0 Å². The van der Waals surface area contributed by atoms with Crippen molar-refractivity contribution in [2.75, 3.05) is 0 Å². The third-order valence-corrected chi connectivity index (χ3v) is 2.55. The van der Waals surface area contributed by atoms with Gasteiger partial charge >= 0.3 is 0 Å². The minimum atomic E-state index is 1.36. The zero-order valence-corrected chi connectivity index (χ0v) is 8.31. The lowest BCUT2D eigenvalue weighted by Crippen LogP contribution is -1.89. The van der Waals surface area contributed by atoms with Crippen LogP contribution in [0.1, 0.15) is 27.7 Å². The van der Waals surface area contributed by atoms with E-state index in [1.165, 1.54) is 22.3 Å². The lowest BCUT2D eigenvalue weighted by Gasteiger charge is -2.09. The first-order valence-electron chi connectivity index (χ1n) is 4.33. The number of rotatable bonds is 0. The van der Waals surface area contributed by atoms with Crippen molar-refractivity contribution in [3.63, 3.8) is 0 Å². The van der Waals surface area contributed by atoms with Gasteiger partial charge in [-0.1, -0.05) is 24.3 Å². The molecule has 0 bridgehead atoms. The fraction of sp³-hybridized carbons (Fsp3) is 0.333. The molecule has 64 valence electrons. The standard InChI is InChI=1S/C12H16/c1-9-7-5-6-8-10(2)12(4)11(9)3/h5-8H,1-4H3. The van der Waals surface area contributed by atoms with Crippen LogP contribution in [0.5, 0.6) is 0 Å². The first-order valence-corrected chi connectivity index (χ1v) is 4.33. The molecule has 0 N–H and O–H groups in total. The summed E-state index contributed by atoms with van der Waals surface area (Å²) in [7, 11) is 0. The first kappa shape index (κ1) is 9.05. The zero-order valence-electron chi connectivity index (χ0n) is 8.31. The van der Waals surface area contributed by atoms with Crippen LogP contribution >= 0.6 is 0 Å². The summed E-state index contributed by atoms with van der Waals surface area (Å²) in [5, 5.41) is 0. The lowest BCUT2D eigenvalue weighted by molar-refractivity contribution is 1.22. The topological polar surface area (TPSA) is 0 Å². The largest absolute Gasteiger partial charge is 0.0620 e. The summed E-state index contributed by atoms with van der Waals surface area (Å²) in [6.07, 6.45) is 8.49. The molecule has 0 spiro atoms. The van der Waals surface area contributed by atoms with Crippen LogP contribution in [0.25, 0.3) is 0 Å². The highest BCUT2D eigenvalue weighted by atomic mass is 14.1. The molecule has 0 nitrogen and oxygen atoms in total. The molecule has 0 atom stereocenters. The Balaban J connectivity index is 3.21. The van der Waals surface area contributed by atoms with Crippen molar-refractivity contribution in [3.05, 3.63) is 46.6 Å². The normalized spacial score (nSPS) is 18.3. The van der Waals surface area contributed by atoms with Gasteiger partial charge < -0.3 is 0 Å². The molecule has 0 aromatic rings. The van der Waals surface area contributed by atoms with E-state index in [1.54, 1.807) is 0 Å². The maximum absolute atomic E-state index is 2.18. The van der Waals surface area contributed by atoms with Crippen LogP contribution in [0.15, 0.2) is 46.6 Å². The molecule has 1 aliphatic rings. The second kappa shape index (κ2) is 3.57. The van der Waals surface area contributed by atoms with E-state index in [9.17, 15) is 0 Å². The summed E-state index contributed by atoms with van der Waals surface area (Å²) in [6, 6.07) is 0. The van der Waals surface area contributed by atoms with Crippen molar-refractivity contribution in [3.8, 4) is 0 Å². The Hall–Kier alpha value is -1.04. The molecule has 12 heavy (non-hydrogen) atoms. The average molecular weight is 160 g/mol. The fourth-order valence-corrected chi connectivity index (χ4v) is 1.24. The molecular formula is C12H16. The number of hydrogen-bond acceptors (Lipinski definition) is 0. The van der Waals surface area contributed by atoms with Crippen molar-refractivity contribution < 1.29 is 0 Å². The van der Waals surface area contributed by atoms with Gasteiger partial charge in [-0.3, -0.25) is 0 Å². The Morgan fingerprint density at radius 2 is 1.00 bits per heavy atom. The summed E-state index contributed by atoms with van der Waals surface area (Å²) in [5.74, 6) is 0. The number of hydrogen-bond donors (Lipinski definition) is 0. The molecule has 0 saturated carbocycles.